The summed E-state index contributed by atoms with van der Waals surface area (Å²) in [5.41, 5.74) is 0. The number of aliphatic carboxylic acids is 1. The molecule has 1 aliphatic heterocycles. The summed E-state index contributed by atoms with van der Waals surface area (Å²) in [7, 11) is 0. The number of hydrogen-bond donors (Lipinski definition) is 4. The average molecular weight is 359 g/mol. The summed E-state index contributed by atoms with van der Waals surface area (Å²) in [5.74, 6) is -0.816. The lowest BCUT2D eigenvalue weighted by atomic mass is 10.0. The first-order valence-corrected chi connectivity index (χ1v) is 9.80. The number of carboxylic acids is 1. The van der Waals surface area contributed by atoms with E-state index < -0.39 is 24.0 Å². The first kappa shape index (κ1) is 20.8. The highest BCUT2D eigenvalue weighted by Gasteiger charge is 2.29. The van der Waals surface area contributed by atoms with E-state index >= 15 is 0 Å². The van der Waals surface area contributed by atoms with Gasteiger partial charge in [-0.05, 0) is 50.2 Å². The molecule has 0 saturated carbocycles. The molecule has 0 aromatic rings. The minimum atomic E-state index is -1.05. The minimum absolute atomic E-state index is 0.147. The first-order valence-electron chi connectivity index (χ1n) is 8.41. The van der Waals surface area contributed by atoms with E-state index in [0.717, 1.165) is 19.4 Å². The second kappa shape index (κ2) is 10.6. The van der Waals surface area contributed by atoms with Crippen LogP contribution in [0.4, 0.5) is 0 Å². The molecule has 4 N–H and O–H groups in total. The van der Waals surface area contributed by atoms with E-state index in [1.54, 1.807) is 11.8 Å². The summed E-state index contributed by atoms with van der Waals surface area (Å²) in [6, 6.07) is -1.90. The van der Waals surface area contributed by atoms with Crippen LogP contribution >= 0.6 is 11.8 Å². The van der Waals surface area contributed by atoms with Gasteiger partial charge in [-0.1, -0.05) is 13.8 Å². The molecule has 0 spiro atoms. The summed E-state index contributed by atoms with van der Waals surface area (Å²) >= 11 is 1.58. The lowest BCUT2D eigenvalue weighted by Gasteiger charge is -2.23. The molecule has 3 atom stereocenters. The number of rotatable bonds is 10. The monoisotopic (exact) mass is 359 g/mol. The third-order valence-electron chi connectivity index (χ3n) is 3.94. The molecule has 0 unspecified atom stereocenters. The third kappa shape index (κ3) is 7.09. The molecule has 24 heavy (non-hydrogen) atoms. The molecule has 1 saturated heterocycles. The van der Waals surface area contributed by atoms with Gasteiger partial charge in [0.15, 0.2) is 0 Å². The molecule has 7 nitrogen and oxygen atoms in total. The SMILES string of the molecule is CSCC[C@H](NC(=O)[C@@H]1CCCN1)C(=O)N[C@@H](CC(C)C)C(=O)O. The molecular weight excluding hydrogens is 330 g/mol. The van der Waals surface area contributed by atoms with E-state index in [9.17, 15) is 19.5 Å². The molecule has 1 fully saturated rings. The molecule has 1 rings (SSSR count). The summed E-state index contributed by atoms with van der Waals surface area (Å²) in [6.07, 6.45) is 4.45. The first-order chi connectivity index (χ1) is 11.3. The normalized spacial score (nSPS) is 19.8. The number of hydrogen-bond acceptors (Lipinski definition) is 5. The van der Waals surface area contributed by atoms with Crippen molar-refractivity contribution in [1.29, 1.82) is 0 Å². The summed E-state index contributed by atoms with van der Waals surface area (Å²) in [6.45, 7) is 4.61. The zero-order valence-corrected chi connectivity index (χ0v) is 15.4. The topological polar surface area (TPSA) is 108 Å². The van der Waals surface area contributed by atoms with Crippen molar-refractivity contribution in [2.24, 2.45) is 5.92 Å². The number of thioether (sulfide) groups is 1. The van der Waals surface area contributed by atoms with Gasteiger partial charge in [-0.3, -0.25) is 9.59 Å². The molecule has 8 heteroatoms. The quantitative estimate of drug-likeness (QED) is 0.455. The molecule has 1 aliphatic rings. The van der Waals surface area contributed by atoms with Crippen LogP contribution in [0.25, 0.3) is 0 Å². The maximum absolute atomic E-state index is 12.5. The van der Waals surface area contributed by atoms with Gasteiger partial charge in [0.25, 0.3) is 0 Å². The van der Waals surface area contributed by atoms with Crippen molar-refractivity contribution < 1.29 is 19.5 Å². The lowest BCUT2D eigenvalue weighted by molar-refractivity contribution is -0.142. The van der Waals surface area contributed by atoms with Crippen LogP contribution in [0, 0.1) is 5.92 Å². The van der Waals surface area contributed by atoms with Crippen LogP contribution in [0.5, 0.6) is 0 Å². The third-order valence-corrected chi connectivity index (χ3v) is 4.59. The second-order valence-electron chi connectivity index (χ2n) is 6.52. The van der Waals surface area contributed by atoms with Gasteiger partial charge in [0.1, 0.15) is 12.1 Å². The van der Waals surface area contributed by atoms with Crippen molar-refractivity contribution in [2.75, 3.05) is 18.6 Å². The van der Waals surface area contributed by atoms with Gasteiger partial charge >= 0.3 is 5.97 Å². The number of carbonyl (C=O) groups is 3. The van der Waals surface area contributed by atoms with Crippen molar-refractivity contribution in [2.45, 2.75) is 57.7 Å². The molecule has 0 aliphatic carbocycles. The molecule has 2 amide bonds. The van der Waals surface area contributed by atoms with E-state index in [2.05, 4.69) is 16.0 Å². The second-order valence-corrected chi connectivity index (χ2v) is 7.51. The Balaban J connectivity index is 2.68. The molecule has 0 aromatic carbocycles. The Morgan fingerprint density at radius 2 is 1.96 bits per heavy atom. The Bertz CT molecular complexity index is 439. The van der Waals surface area contributed by atoms with Gasteiger partial charge in [-0.2, -0.15) is 11.8 Å². The van der Waals surface area contributed by atoms with Crippen LogP contribution < -0.4 is 16.0 Å². The van der Waals surface area contributed by atoms with Crippen LogP contribution in [0.3, 0.4) is 0 Å². The van der Waals surface area contributed by atoms with Crippen LogP contribution in [-0.4, -0.2) is 59.6 Å². The van der Waals surface area contributed by atoms with Crippen molar-refractivity contribution in [3.8, 4) is 0 Å². The maximum Gasteiger partial charge on any atom is 0.326 e. The van der Waals surface area contributed by atoms with E-state index in [0.29, 0.717) is 18.6 Å². The van der Waals surface area contributed by atoms with Crippen molar-refractivity contribution in [1.82, 2.24) is 16.0 Å². The zero-order chi connectivity index (χ0) is 18.1. The largest absolute Gasteiger partial charge is 0.480 e. The highest BCUT2D eigenvalue weighted by atomic mass is 32.2. The van der Waals surface area contributed by atoms with Crippen molar-refractivity contribution >= 4 is 29.5 Å². The molecule has 0 bridgehead atoms. The van der Waals surface area contributed by atoms with E-state index in [4.69, 9.17) is 0 Å². The molecule has 1 heterocycles. The van der Waals surface area contributed by atoms with Crippen molar-refractivity contribution in [3.63, 3.8) is 0 Å². The average Bonchev–Trinajstić information content (AvgIpc) is 3.04. The Hall–Kier alpha value is -1.28. The van der Waals surface area contributed by atoms with Gasteiger partial charge < -0.3 is 21.1 Å². The fraction of sp³-hybridized carbons (Fsp3) is 0.812. The van der Waals surface area contributed by atoms with Gasteiger partial charge in [0, 0.05) is 0 Å². The Morgan fingerprint density at radius 3 is 2.46 bits per heavy atom. The van der Waals surface area contributed by atoms with Crippen LogP contribution in [0.15, 0.2) is 0 Å². The Morgan fingerprint density at radius 1 is 1.25 bits per heavy atom. The van der Waals surface area contributed by atoms with E-state index in [-0.39, 0.29) is 17.9 Å². The molecule has 0 radical (unpaired) electrons. The Labute approximate surface area is 147 Å². The number of amides is 2. The Kier molecular flexibility index (Phi) is 9.13. The lowest BCUT2D eigenvalue weighted by Crippen LogP contribution is -2.54. The summed E-state index contributed by atoms with van der Waals surface area (Å²) in [4.78, 5) is 36.0. The highest BCUT2D eigenvalue weighted by molar-refractivity contribution is 7.98. The maximum atomic E-state index is 12.5. The summed E-state index contributed by atoms with van der Waals surface area (Å²) < 4.78 is 0. The van der Waals surface area contributed by atoms with Crippen LogP contribution in [0.1, 0.15) is 39.5 Å². The standard InChI is InChI=1S/C16H29N3O4S/c1-10(2)9-13(16(22)23)19-15(21)12(6-8-24-3)18-14(20)11-5-4-7-17-11/h10-13,17H,4-9H2,1-3H3,(H,18,20)(H,19,21)(H,22,23)/t11-,12-,13-/m0/s1. The fourth-order valence-corrected chi connectivity index (χ4v) is 3.12. The number of carbonyl (C=O) groups excluding carboxylic acids is 2. The fourth-order valence-electron chi connectivity index (χ4n) is 2.65. The van der Waals surface area contributed by atoms with Gasteiger partial charge in [0.05, 0.1) is 6.04 Å². The zero-order valence-electron chi connectivity index (χ0n) is 14.6. The van der Waals surface area contributed by atoms with E-state index in [1.165, 1.54) is 0 Å². The number of nitrogens with one attached hydrogen (secondary N) is 3. The minimum Gasteiger partial charge on any atom is -0.480 e. The predicted octanol–water partition coefficient (Wildman–Crippen LogP) is 0.592. The van der Waals surface area contributed by atoms with Gasteiger partial charge in [-0.25, -0.2) is 4.79 Å². The summed E-state index contributed by atoms with van der Waals surface area (Å²) in [5, 5.41) is 17.7. The smallest absolute Gasteiger partial charge is 0.326 e. The van der Waals surface area contributed by atoms with Gasteiger partial charge in [0.2, 0.25) is 11.8 Å². The highest BCUT2D eigenvalue weighted by Crippen LogP contribution is 2.09. The van der Waals surface area contributed by atoms with Crippen LogP contribution in [-0.2, 0) is 14.4 Å². The predicted molar refractivity (Wildman–Crippen MR) is 95.0 cm³/mol. The molecule has 138 valence electrons. The molecule has 0 aromatic heterocycles. The van der Waals surface area contributed by atoms with Crippen molar-refractivity contribution in [3.05, 3.63) is 0 Å². The number of carboxylic acid groups (broad SMARTS) is 1. The van der Waals surface area contributed by atoms with E-state index in [1.807, 2.05) is 20.1 Å². The molecular formula is C16H29N3O4S. The van der Waals surface area contributed by atoms with Crippen LogP contribution in [0.2, 0.25) is 0 Å². The van der Waals surface area contributed by atoms with Gasteiger partial charge in [-0.15, -0.1) is 0 Å².